The number of nitrogens with one attached hydrogen (secondary N) is 1. The number of methoxy groups -OCH3 is 1. The molecule has 9 nitrogen and oxygen atoms in total. The molecule has 0 bridgehead atoms. The minimum Gasteiger partial charge on any atom is -0.496 e. The van der Waals surface area contributed by atoms with Gasteiger partial charge in [-0.05, 0) is 31.0 Å². The first-order chi connectivity index (χ1) is 14.1. The molecular formula is C18H20F3N5O4. The molecule has 0 aliphatic carbocycles. The molecule has 2 heterocycles. The van der Waals surface area contributed by atoms with E-state index >= 15 is 0 Å². The Balaban J connectivity index is 1.90. The highest BCUT2D eigenvalue weighted by atomic mass is 19.4. The molecule has 1 fully saturated rings. The van der Waals surface area contributed by atoms with Crippen LogP contribution in [-0.4, -0.2) is 57.1 Å². The van der Waals surface area contributed by atoms with Crippen LogP contribution in [0, 0.1) is 0 Å². The van der Waals surface area contributed by atoms with Crippen LogP contribution >= 0.6 is 0 Å². The predicted octanol–water partition coefficient (Wildman–Crippen LogP) is 2.42. The summed E-state index contributed by atoms with van der Waals surface area (Å²) in [5.74, 6) is -0.129. The van der Waals surface area contributed by atoms with Crippen molar-refractivity contribution in [2.24, 2.45) is 7.05 Å². The monoisotopic (exact) mass is 427 g/mol. The summed E-state index contributed by atoms with van der Waals surface area (Å²) >= 11 is 0. The van der Waals surface area contributed by atoms with Gasteiger partial charge in [-0.25, -0.2) is 4.79 Å². The molecular weight excluding hydrogens is 407 g/mol. The molecule has 12 heteroatoms. The van der Waals surface area contributed by atoms with Crippen molar-refractivity contribution in [3.63, 3.8) is 0 Å². The van der Waals surface area contributed by atoms with Crippen LogP contribution in [0.3, 0.4) is 0 Å². The number of carboxylic acid groups (broad SMARTS) is 1. The van der Waals surface area contributed by atoms with E-state index in [2.05, 4.69) is 15.5 Å². The largest absolute Gasteiger partial charge is 0.496 e. The van der Waals surface area contributed by atoms with Crippen molar-refractivity contribution < 1.29 is 27.8 Å². The molecule has 1 saturated heterocycles. The predicted molar refractivity (Wildman–Crippen MR) is 101 cm³/mol. The lowest BCUT2D eigenvalue weighted by Gasteiger charge is -2.31. The van der Waals surface area contributed by atoms with Crippen molar-refractivity contribution >= 4 is 11.9 Å². The Hall–Kier alpha value is -3.31. The van der Waals surface area contributed by atoms with E-state index in [-0.39, 0.29) is 35.5 Å². The second-order valence-electron chi connectivity index (χ2n) is 6.86. The number of aromatic nitrogens is 3. The number of nitrogens with zero attached hydrogens (tertiary/aromatic N) is 4. The maximum atomic E-state index is 12.9. The molecule has 1 aromatic heterocycles. The highest BCUT2D eigenvalue weighted by Gasteiger charge is 2.32. The van der Waals surface area contributed by atoms with E-state index in [0.717, 1.165) is 16.7 Å². The van der Waals surface area contributed by atoms with Gasteiger partial charge in [-0.3, -0.25) is 9.36 Å². The summed E-state index contributed by atoms with van der Waals surface area (Å²) in [7, 11) is 2.64. The van der Waals surface area contributed by atoms with Gasteiger partial charge in [0.05, 0.1) is 18.2 Å². The van der Waals surface area contributed by atoms with Crippen molar-refractivity contribution in [3.05, 3.63) is 34.1 Å². The third-order valence-electron chi connectivity index (χ3n) is 4.87. The van der Waals surface area contributed by atoms with E-state index < -0.39 is 23.4 Å². The Kier molecular flexibility index (Phi) is 5.85. The van der Waals surface area contributed by atoms with Crippen LogP contribution in [0.2, 0.25) is 0 Å². The molecule has 0 radical (unpaired) electrons. The van der Waals surface area contributed by atoms with Gasteiger partial charge in [0.25, 0.3) is 5.56 Å². The molecule has 0 unspecified atom stereocenters. The number of anilines is 1. The van der Waals surface area contributed by atoms with Crippen LogP contribution < -0.4 is 15.6 Å². The number of piperidine rings is 1. The van der Waals surface area contributed by atoms with Crippen molar-refractivity contribution in [1.29, 1.82) is 0 Å². The quantitative estimate of drug-likeness (QED) is 0.771. The van der Waals surface area contributed by atoms with E-state index in [1.54, 1.807) is 0 Å². The fourth-order valence-electron chi connectivity index (χ4n) is 3.30. The molecule has 0 saturated carbocycles. The standard InChI is InChI=1S/C18H20F3N5O4/c1-25-15(12-6-5-10(18(19,20)21)8-13(12)30-2)24-23-14(16(25)27)22-11-4-3-7-26(9-11)17(28)29/h5-6,8,11H,3-4,7,9H2,1-2H3,(H,22,23)(H,28,29)/t11-/m1/s1. The van der Waals surface area contributed by atoms with Crippen molar-refractivity contribution in [1.82, 2.24) is 19.7 Å². The van der Waals surface area contributed by atoms with Crippen molar-refractivity contribution in [3.8, 4) is 17.1 Å². The summed E-state index contributed by atoms with van der Waals surface area (Å²) in [6.07, 6.45) is -4.28. The Morgan fingerprint density at radius 3 is 2.70 bits per heavy atom. The van der Waals surface area contributed by atoms with Gasteiger partial charge in [0, 0.05) is 26.2 Å². The topological polar surface area (TPSA) is 110 Å². The summed E-state index contributed by atoms with van der Waals surface area (Å²) < 4.78 is 45.1. The molecule has 30 heavy (non-hydrogen) atoms. The van der Waals surface area contributed by atoms with Gasteiger partial charge in [-0.15, -0.1) is 10.2 Å². The minimum atomic E-state index is -4.54. The number of rotatable bonds is 4. The van der Waals surface area contributed by atoms with Crippen LogP contribution in [0.4, 0.5) is 23.8 Å². The number of ether oxygens (including phenoxy) is 1. The average molecular weight is 427 g/mol. The summed E-state index contributed by atoms with van der Waals surface area (Å²) in [5.41, 5.74) is -1.26. The zero-order valence-corrected chi connectivity index (χ0v) is 16.2. The zero-order chi connectivity index (χ0) is 22.1. The lowest BCUT2D eigenvalue weighted by Crippen LogP contribution is -2.45. The first kappa shape index (κ1) is 21.4. The van der Waals surface area contributed by atoms with Gasteiger partial charge in [-0.1, -0.05) is 0 Å². The fourth-order valence-corrected chi connectivity index (χ4v) is 3.30. The number of amides is 1. The van der Waals surface area contributed by atoms with E-state index in [9.17, 15) is 22.8 Å². The van der Waals surface area contributed by atoms with E-state index in [1.165, 1.54) is 25.1 Å². The third kappa shape index (κ3) is 4.31. The molecule has 2 aromatic rings. The third-order valence-corrected chi connectivity index (χ3v) is 4.87. The smallest absolute Gasteiger partial charge is 0.416 e. The number of hydrogen-bond donors (Lipinski definition) is 2. The Morgan fingerprint density at radius 2 is 2.07 bits per heavy atom. The molecule has 1 aliphatic heterocycles. The first-order valence-corrected chi connectivity index (χ1v) is 9.05. The summed E-state index contributed by atoms with van der Waals surface area (Å²) in [4.78, 5) is 25.1. The van der Waals surface area contributed by atoms with Crippen LogP contribution in [-0.2, 0) is 13.2 Å². The van der Waals surface area contributed by atoms with E-state index in [4.69, 9.17) is 9.84 Å². The minimum absolute atomic E-state index is 0.0342. The highest BCUT2D eigenvalue weighted by molar-refractivity contribution is 5.66. The highest BCUT2D eigenvalue weighted by Crippen LogP contribution is 2.36. The molecule has 0 spiro atoms. The normalized spacial score (nSPS) is 17.0. The first-order valence-electron chi connectivity index (χ1n) is 9.05. The van der Waals surface area contributed by atoms with Crippen LogP contribution in [0.25, 0.3) is 11.4 Å². The lowest BCUT2D eigenvalue weighted by molar-refractivity contribution is -0.137. The maximum Gasteiger partial charge on any atom is 0.416 e. The van der Waals surface area contributed by atoms with E-state index in [1.807, 2.05) is 0 Å². The molecule has 1 aromatic carbocycles. The number of likely N-dealkylation sites (tertiary alicyclic amines) is 1. The fraction of sp³-hybridized carbons (Fsp3) is 0.444. The number of halogens is 3. The van der Waals surface area contributed by atoms with E-state index in [0.29, 0.717) is 19.4 Å². The maximum absolute atomic E-state index is 12.9. The SMILES string of the molecule is COc1cc(C(F)(F)F)ccc1-c1nnc(N[C@@H]2CCCN(C(=O)O)C2)c(=O)n1C. The van der Waals surface area contributed by atoms with Crippen molar-refractivity contribution in [2.75, 3.05) is 25.5 Å². The Labute approximate surface area is 169 Å². The van der Waals surface area contributed by atoms with Crippen LogP contribution in [0.1, 0.15) is 18.4 Å². The molecule has 3 rings (SSSR count). The second-order valence-corrected chi connectivity index (χ2v) is 6.86. The molecule has 1 amide bonds. The molecule has 162 valence electrons. The zero-order valence-electron chi connectivity index (χ0n) is 16.2. The van der Waals surface area contributed by atoms with Gasteiger partial charge in [0.2, 0.25) is 5.82 Å². The van der Waals surface area contributed by atoms with Gasteiger partial charge in [0.1, 0.15) is 5.75 Å². The number of benzene rings is 1. The Morgan fingerprint density at radius 1 is 1.33 bits per heavy atom. The number of hydrogen-bond acceptors (Lipinski definition) is 6. The number of alkyl halides is 3. The molecule has 2 N–H and O–H groups in total. The van der Waals surface area contributed by atoms with Gasteiger partial charge >= 0.3 is 12.3 Å². The Bertz CT molecular complexity index is 1010. The summed E-state index contributed by atoms with van der Waals surface area (Å²) in [6.45, 7) is 0.624. The van der Waals surface area contributed by atoms with Gasteiger partial charge < -0.3 is 20.1 Å². The molecule has 1 aliphatic rings. The van der Waals surface area contributed by atoms with Crippen LogP contribution in [0.5, 0.6) is 5.75 Å². The number of carbonyl (C=O) groups is 1. The van der Waals surface area contributed by atoms with Gasteiger partial charge in [-0.2, -0.15) is 13.2 Å². The van der Waals surface area contributed by atoms with Gasteiger partial charge in [0.15, 0.2) is 5.82 Å². The summed E-state index contributed by atoms with van der Waals surface area (Å²) in [6, 6.07) is 2.57. The average Bonchev–Trinajstić information content (AvgIpc) is 2.71. The van der Waals surface area contributed by atoms with Crippen LogP contribution in [0.15, 0.2) is 23.0 Å². The lowest BCUT2D eigenvalue weighted by atomic mass is 10.1. The molecule has 1 atom stereocenters. The second kappa shape index (κ2) is 8.20. The summed E-state index contributed by atoms with van der Waals surface area (Å²) in [5, 5.41) is 19.9. The van der Waals surface area contributed by atoms with Crippen molar-refractivity contribution in [2.45, 2.75) is 25.1 Å².